The van der Waals surface area contributed by atoms with Gasteiger partial charge in [0.15, 0.2) is 28.8 Å². The van der Waals surface area contributed by atoms with E-state index in [4.69, 9.17) is 16.9 Å². The van der Waals surface area contributed by atoms with Gasteiger partial charge in [-0.1, -0.05) is 5.92 Å². The molecule has 3 rings (SSSR count). The van der Waals surface area contributed by atoms with Crippen LogP contribution in [0.5, 0.6) is 0 Å². The lowest BCUT2D eigenvalue weighted by molar-refractivity contribution is -0.0721. The van der Waals surface area contributed by atoms with Gasteiger partial charge in [0.05, 0.1) is 12.9 Å². The summed E-state index contributed by atoms with van der Waals surface area (Å²) in [7, 11) is 0. The molecule has 3 unspecified atom stereocenters. The predicted octanol–water partition coefficient (Wildman–Crippen LogP) is -2.19. The Morgan fingerprint density at radius 3 is 2.92 bits per heavy atom. The topological polar surface area (TPSA) is 152 Å². The molecule has 0 amide bonds. The second-order valence-corrected chi connectivity index (χ2v) is 5.39. The lowest BCUT2D eigenvalue weighted by Crippen LogP contribution is -2.45. The van der Waals surface area contributed by atoms with E-state index in [2.05, 4.69) is 26.2 Å². The van der Waals surface area contributed by atoms with Gasteiger partial charge in [0.1, 0.15) is 18.5 Å². The zero-order valence-corrected chi connectivity index (χ0v) is 12.7. The van der Waals surface area contributed by atoms with Crippen LogP contribution in [-0.4, -0.2) is 72.3 Å². The zero-order valence-electron chi connectivity index (χ0n) is 12.7. The van der Waals surface area contributed by atoms with Gasteiger partial charge in [0, 0.05) is 13.1 Å². The summed E-state index contributed by atoms with van der Waals surface area (Å²) < 4.78 is 6.94. The summed E-state index contributed by atoms with van der Waals surface area (Å²) >= 11 is 0. The van der Waals surface area contributed by atoms with Crippen LogP contribution in [0, 0.1) is 12.3 Å². The number of nitrogens with one attached hydrogen (secondary N) is 1. The third-order valence-electron chi connectivity index (χ3n) is 3.94. The SMILES string of the molecule is C#C[C@@]1(O)C(O)C(CO)OC1n1cnc2c(NCCN)ncnc21. The summed E-state index contributed by atoms with van der Waals surface area (Å²) in [6.07, 6.45) is 4.47. The first-order valence-electron chi connectivity index (χ1n) is 7.32. The number of anilines is 1. The van der Waals surface area contributed by atoms with E-state index in [1.54, 1.807) is 0 Å². The fourth-order valence-corrected chi connectivity index (χ4v) is 2.69. The number of imidazole rings is 1. The molecular weight excluding hydrogens is 316 g/mol. The van der Waals surface area contributed by atoms with Crippen LogP contribution in [0.1, 0.15) is 6.23 Å². The van der Waals surface area contributed by atoms with E-state index in [0.717, 1.165) is 0 Å². The lowest BCUT2D eigenvalue weighted by atomic mass is 9.95. The lowest BCUT2D eigenvalue weighted by Gasteiger charge is -2.26. The molecule has 3 heterocycles. The molecule has 0 saturated carbocycles. The Morgan fingerprint density at radius 2 is 2.25 bits per heavy atom. The number of terminal acetylenes is 1. The second kappa shape index (κ2) is 6.31. The molecule has 6 N–H and O–H groups in total. The standard InChI is InChI=1S/C14H18N6O4/c1-2-14(23)10(22)8(5-21)24-13(14)20-7-19-9-11(16-4-3-15)17-6-18-12(9)20/h1,6-8,10,13,21-23H,3-5,15H2,(H,16,17,18)/t8?,10?,13?,14-/m1/s1. The molecule has 10 heteroatoms. The van der Waals surface area contributed by atoms with Crippen LogP contribution >= 0.6 is 0 Å². The number of nitrogens with two attached hydrogens (primary N) is 1. The summed E-state index contributed by atoms with van der Waals surface area (Å²) in [4.78, 5) is 12.5. The highest BCUT2D eigenvalue weighted by molar-refractivity contribution is 5.82. The van der Waals surface area contributed by atoms with Gasteiger partial charge in [0.2, 0.25) is 0 Å². The number of aromatic nitrogens is 4. The van der Waals surface area contributed by atoms with Gasteiger partial charge in [0.25, 0.3) is 0 Å². The fourth-order valence-electron chi connectivity index (χ4n) is 2.69. The molecule has 10 nitrogen and oxygen atoms in total. The maximum atomic E-state index is 10.6. The van der Waals surface area contributed by atoms with Crippen molar-refractivity contribution in [2.75, 3.05) is 25.0 Å². The molecule has 128 valence electrons. The zero-order chi connectivity index (χ0) is 17.3. The Labute approximate surface area is 137 Å². The molecule has 0 radical (unpaired) electrons. The molecule has 1 aliphatic rings. The van der Waals surface area contributed by atoms with Crippen LogP contribution in [0.2, 0.25) is 0 Å². The van der Waals surface area contributed by atoms with Crippen molar-refractivity contribution < 1.29 is 20.1 Å². The largest absolute Gasteiger partial charge is 0.394 e. The van der Waals surface area contributed by atoms with E-state index in [0.29, 0.717) is 30.1 Å². The predicted molar refractivity (Wildman–Crippen MR) is 83.7 cm³/mol. The minimum atomic E-state index is -2.03. The highest BCUT2D eigenvalue weighted by atomic mass is 16.6. The van der Waals surface area contributed by atoms with Crippen molar-refractivity contribution >= 4 is 17.0 Å². The molecule has 0 bridgehead atoms. The van der Waals surface area contributed by atoms with Gasteiger partial charge in [-0.15, -0.1) is 6.42 Å². The number of nitrogens with zero attached hydrogens (tertiary/aromatic N) is 4. The molecule has 4 atom stereocenters. The third-order valence-corrected chi connectivity index (χ3v) is 3.94. The molecule has 1 aliphatic heterocycles. The van der Waals surface area contributed by atoms with Gasteiger partial charge in [-0.3, -0.25) is 4.57 Å². The maximum absolute atomic E-state index is 10.6. The first kappa shape index (κ1) is 16.6. The first-order valence-corrected chi connectivity index (χ1v) is 7.32. The smallest absolute Gasteiger partial charge is 0.199 e. The van der Waals surface area contributed by atoms with Crippen LogP contribution in [0.3, 0.4) is 0 Å². The monoisotopic (exact) mass is 334 g/mol. The third kappa shape index (κ3) is 2.39. The maximum Gasteiger partial charge on any atom is 0.199 e. The number of ether oxygens (including phenoxy) is 1. The Kier molecular flexibility index (Phi) is 4.35. The van der Waals surface area contributed by atoms with Crippen molar-refractivity contribution in [2.24, 2.45) is 5.73 Å². The molecule has 2 aromatic rings. The van der Waals surface area contributed by atoms with E-state index >= 15 is 0 Å². The number of aliphatic hydroxyl groups excluding tert-OH is 2. The van der Waals surface area contributed by atoms with Crippen molar-refractivity contribution in [2.45, 2.75) is 24.0 Å². The van der Waals surface area contributed by atoms with Crippen molar-refractivity contribution in [1.82, 2.24) is 19.5 Å². The number of hydrogen-bond acceptors (Lipinski definition) is 9. The van der Waals surface area contributed by atoms with E-state index in [1.165, 1.54) is 17.2 Å². The average Bonchev–Trinajstić information content (AvgIpc) is 3.13. The highest BCUT2D eigenvalue weighted by Crippen LogP contribution is 2.39. The molecule has 0 aliphatic carbocycles. The fraction of sp³-hybridized carbons (Fsp3) is 0.500. The summed E-state index contributed by atoms with van der Waals surface area (Å²) in [5, 5.41) is 33.1. The summed E-state index contributed by atoms with van der Waals surface area (Å²) in [6.45, 7) is 0.421. The Morgan fingerprint density at radius 1 is 1.46 bits per heavy atom. The van der Waals surface area contributed by atoms with E-state index in [-0.39, 0.29) is 0 Å². The van der Waals surface area contributed by atoms with Crippen molar-refractivity contribution in [3.8, 4) is 12.3 Å². The minimum absolute atomic E-state index is 0.356. The summed E-state index contributed by atoms with van der Waals surface area (Å²) in [6, 6.07) is 0. The highest BCUT2D eigenvalue weighted by Gasteiger charge is 2.55. The number of fused-ring (bicyclic) bond motifs is 1. The molecule has 1 fully saturated rings. The minimum Gasteiger partial charge on any atom is -0.394 e. The van der Waals surface area contributed by atoms with Crippen molar-refractivity contribution in [3.05, 3.63) is 12.7 Å². The molecule has 0 aromatic carbocycles. The van der Waals surface area contributed by atoms with Crippen LogP contribution in [0.4, 0.5) is 5.82 Å². The van der Waals surface area contributed by atoms with Crippen molar-refractivity contribution in [3.63, 3.8) is 0 Å². The number of rotatable bonds is 5. The van der Waals surface area contributed by atoms with Gasteiger partial charge in [-0.05, 0) is 0 Å². The average molecular weight is 334 g/mol. The van der Waals surface area contributed by atoms with Gasteiger partial charge < -0.3 is 31.1 Å². The first-order chi connectivity index (χ1) is 11.6. The second-order valence-electron chi connectivity index (χ2n) is 5.39. The Hall–Kier alpha value is -2.29. The molecule has 2 aromatic heterocycles. The summed E-state index contributed by atoms with van der Waals surface area (Å²) in [5.41, 5.74) is 4.23. The van der Waals surface area contributed by atoms with Crippen LogP contribution in [0.25, 0.3) is 11.2 Å². The molecular formula is C14H18N6O4. The normalized spacial score (nSPS) is 29.7. The van der Waals surface area contributed by atoms with Crippen molar-refractivity contribution in [1.29, 1.82) is 0 Å². The van der Waals surface area contributed by atoms with Gasteiger partial charge in [-0.25, -0.2) is 15.0 Å². The van der Waals surface area contributed by atoms with Crippen LogP contribution in [-0.2, 0) is 4.74 Å². The van der Waals surface area contributed by atoms with E-state index in [1.807, 2.05) is 0 Å². The van der Waals surface area contributed by atoms with Crippen LogP contribution < -0.4 is 11.1 Å². The molecule has 1 saturated heterocycles. The molecule has 24 heavy (non-hydrogen) atoms. The van der Waals surface area contributed by atoms with E-state index < -0.39 is 30.6 Å². The van der Waals surface area contributed by atoms with E-state index in [9.17, 15) is 15.3 Å². The van der Waals surface area contributed by atoms with Gasteiger partial charge >= 0.3 is 0 Å². The van der Waals surface area contributed by atoms with Gasteiger partial charge in [-0.2, -0.15) is 0 Å². The number of hydrogen-bond donors (Lipinski definition) is 5. The Bertz CT molecular complexity index is 774. The molecule has 0 spiro atoms. The summed E-state index contributed by atoms with van der Waals surface area (Å²) in [5.74, 6) is 2.63. The quantitative estimate of drug-likeness (QED) is 0.384. The number of aliphatic hydroxyl groups is 3. The van der Waals surface area contributed by atoms with Crippen LogP contribution in [0.15, 0.2) is 12.7 Å². The Balaban J connectivity index is 2.05.